The summed E-state index contributed by atoms with van der Waals surface area (Å²) in [6.45, 7) is 3.91. The summed E-state index contributed by atoms with van der Waals surface area (Å²) in [7, 11) is 1.90. The summed E-state index contributed by atoms with van der Waals surface area (Å²) in [4.78, 5) is 13.5. The molecule has 0 saturated carbocycles. The summed E-state index contributed by atoms with van der Waals surface area (Å²) in [5.41, 5.74) is 3.82. The number of hydrogen-bond donors (Lipinski definition) is 1. The molecule has 0 unspecified atom stereocenters. The van der Waals surface area contributed by atoms with E-state index in [0.29, 0.717) is 5.69 Å². The van der Waals surface area contributed by atoms with Crippen LogP contribution in [-0.2, 0) is 12.8 Å². The van der Waals surface area contributed by atoms with Gasteiger partial charge in [-0.05, 0) is 19.9 Å². The Kier molecular flexibility index (Phi) is 3.30. The van der Waals surface area contributed by atoms with Gasteiger partial charge >= 0.3 is 0 Å². The molecule has 1 aromatic heterocycles. The van der Waals surface area contributed by atoms with Crippen LogP contribution in [0.15, 0.2) is 29.2 Å². The van der Waals surface area contributed by atoms with Crippen molar-refractivity contribution in [3.05, 3.63) is 35.5 Å². The second-order valence-electron chi connectivity index (χ2n) is 5.21. The second-order valence-corrected chi connectivity index (χ2v) is 6.23. The first-order valence-corrected chi connectivity index (χ1v) is 7.65. The van der Waals surface area contributed by atoms with Crippen LogP contribution in [0, 0.1) is 0 Å². The first kappa shape index (κ1) is 13.2. The fraction of sp³-hybridized carbons (Fsp3) is 0.333. The molecular formula is C15H17N3OS. The third-order valence-corrected chi connectivity index (χ3v) is 4.39. The van der Waals surface area contributed by atoms with Gasteiger partial charge in [-0.1, -0.05) is 18.2 Å². The van der Waals surface area contributed by atoms with Crippen molar-refractivity contribution in [3.63, 3.8) is 0 Å². The fourth-order valence-corrected chi connectivity index (χ4v) is 3.56. The maximum absolute atomic E-state index is 12.3. The maximum Gasteiger partial charge on any atom is 0.272 e. The average Bonchev–Trinajstić information content (AvgIpc) is 2.76. The SMILES string of the molecule is CC(C)NC(=O)c1nn(C)c2c1CSc1ccccc1-2. The molecule has 1 aliphatic heterocycles. The summed E-state index contributed by atoms with van der Waals surface area (Å²) in [6.07, 6.45) is 0. The van der Waals surface area contributed by atoms with E-state index in [0.717, 1.165) is 22.6 Å². The number of aromatic nitrogens is 2. The van der Waals surface area contributed by atoms with E-state index in [2.05, 4.69) is 22.5 Å². The van der Waals surface area contributed by atoms with Crippen LogP contribution in [-0.4, -0.2) is 21.7 Å². The summed E-state index contributed by atoms with van der Waals surface area (Å²) < 4.78 is 1.82. The lowest BCUT2D eigenvalue weighted by molar-refractivity contribution is 0.0936. The summed E-state index contributed by atoms with van der Waals surface area (Å²) in [5, 5.41) is 7.36. The highest BCUT2D eigenvalue weighted by atomic mass is 32.2. The van der Waals surface area contributed by atoms with Gasteiger partial charge in [0.05, 0.1) is 5.69 Å². The molecule has 0 fully saturated rings. The number of benzene rings is 1. The minimum Gasteiger partial charge on any atom is -0.348 e. The van der Waals surface area contributed by atoms with Crippen molar-refractivity contribution in [1.82, 2.24) is 15.1 Å². The number of nitrogens with zero attached hydrogens (tertiary/aromatic N) is 2. The Balaban J connectivity index is 2.10. The number of fused-ring (bicyclic) bond motifs is 3. The van der Waals surface area contributed by atoms with E-state index in [1.165, 1.54) is 4.90 Å². The van der Waals surface area contributed by atoms with Gasteiger partial charge in [-0.3, -0.25) is 9.48 Å². The molecule has 3 rings (SSSR count). The quantitative estimate of drug-likeness (QED) is 0.924. The first-order chi connectivity index (χ1) is 9.58. The van der Waals surface area contributed by atoms with Crippen LogP contribution in [0.2, 0.25) is 0 Å². The molecule has 0 bridgehead atoms. The fourth-order valence-electron chi connectivity index (χ4n) is 2.49. The first-order valence-electron chi connectivity index (χ1n) is 6.67. The third kappa shape index (κ3) is 2.12. The van der Waals surface area contributed by atoms with Crippen LogP contribution in [0.1, 0.15) is 29.9 Å². The van der Waals surface area contributed by atoms with E-state index in [4.69, 9.17) is 0 Å². The third-order valence-electron chi connectivity index (χ3n) is 3.29. The van der Waals surface area contributed by atoms with Crippen LogP contribution in [0.4, 0.5) is 0 Å². The Labute approximate surface area is 122 Å². The molecule has 2 aromatic rings. The average molecular weight is 287 g/mol. The molecule has 0 radical (unpaired) electrons. The van der Waals surface area contributed by atoms with E-state index in [1.807, 2.05) is 37.7 Å². The highest BCUT2D eigenvalue weighted by Crippen LogP contribution is 2.42. The Bertz CT molecular complexity index is 676. The largest absolute Gasteiger partial charge is 0.348 e. The van der Waals surface area contributed by atoms with Crippen LogP contribution in [0.5, 0.6) is 0 Å². The van der Waals surface area contributed by atoms with Gasteiger partial charge in [-0.2, -0.15) is 5.10 Å². The zero-order valence-electron chi connectivity index (χ0n) is 11.8. The molecule has 1 amide bonds. The van der Waals surface area contributed by atoms with E-state index >= 15 is 0 Å². The van der Waals surface area contributed by atoms with Gasteiger partial charge in [0.15, 0.2) is 5.69 Å². The smallest absolute Gasteiger partial charge is 0.272 e. The predicted octanol–water partition coefficient (Wildman–Crippen LogP) is 2.83. The molecule has 1 aliphatic rings. The Morgan fingerprint density at radius 3 is 2.90 bits per heavy atom. The number of carbonyl (C=O) groups excluding carboxylic acids is 1. The molecule has 4 nitrogen and oxygen atoms in total. The Morgan fingerprint density at radius 2 is 2.15 bits per heavy atom. The highest BCUT2D eigenvalue weighted by molar-refractivity contribution is 7.98. The number of carbonyl (C=O) groups is 1. The number of amides is 1. The van der Waals surface area contributed by atoms with Crippen molar-refractivity contribution in [2.75, 3.05) is 0 Å². The monoisotopic (exact) mass is 287 g/mol. The highest BCUT2D eigenvalue weighted by Gasteiger charge is 2.27. The van der Waals surface area contributed by atoms with E-state index in [1.54, 1.807) is 11.8 Å². The molecular weight excluding hydrogens is 270 g/mol. The van der Waals surface area contributed by atoms with E-state index < -0.39 is 0 Å². The summed E-state index contributed by atoms with van der Waals surface area (Å²) in [5.74, 6) is 0.706. The van der Waals surface area contributed by atoms with E-state index in [9.17, 15) is 4.79 Å². The standard InChI is InChI=1S/C15H17N3OS/c1-9(2)16-15(19)13-11-8-20-12-7-5-4-6-10(12)14(11)18(3)17-13/h4-7,9H,8H2,1-3H3,(H,16,19). The van der Waals surface area contributed by atoms with Gasteiger partial charge in [0.25, 0.3) is 5.91 Å². The lowest BCUT2D eigenvalue weighted by atomic mass is 10.1. The zero-order valence-corrected chi connectivity index (χ0v) is 12.6. The summed E-state index contributed by atoms with van der Waals surface area (Å²) >= 11 is 1.76. The van der Waals surface area contributed by atoms with Gasteiger partial charge < -0.3 is 5.32 Å². The second kappa shape index (κ2) is 4.98. The van der Waals surface area contributed by atoms with Crippen molar-refractivity contribution in [3.8, 4) is 11.3 Å². The molecule has 0 atom stereocenters. The van der Waals surface area contributed by atoms with Gasteiger partial charge in [0.1, 0.15) is 0 Å². The van der Waals surface area contributed by atoms with Crippen LogP contribution >= 0.6 is 11.8 Å². The molecule has 0 aliphatic carbocycles. The minimum absolute atomic E-state index is 0.0863. The molecule has 1 N–H and O–H groups in total. The van der Waals surface area contributed by atoms with Gasteiger partial charge in [0, 0.05) is 34.9 Å². The molecule has 104 valence electrons. The molecule has 0 saturated heterocycles. The number of aryl methyl sites for hydroxylation is 1. The van der Waals surface area contributed by atoms with Crippen LogP contribution in [0.3, 0.4) is 0 Å². The van der Waals surface area contributed by atoms with Crippen molar-refractivity contribution in [1.29, 1.82) is 0 Å². The Hall–Kier alpha value is -1.75. The lowest BCUT2D eigenvalue weighted by Gasteiger charge is -2.17. The number of hydrogen-bond acceptors (Lipinski definition) is 3. The van der Waals surface area contributed by atoms with E-state index in [-0.39, 0.29) is 11.9 Å². The number of rotatable bonds is 2. The predicted molar refractivity (Wildman–Crippen MR) is 80.8 cm³/mol. The maximum atomic E-state index is 12.3. The van der Waals surface area contributed by atoms with Gasteiger partial charge in [-0.25, -0.2) is 0 Å². The van der Waals surface area contributed by atoms with Crippen molar-refractivity contribution < 1.29 is 4.79 Å². The van der Waals surface area contributed by atoms with Gasteiger partial charge in [0.2, 0.25) is 0 Å². The molecule has 2 heterocycles. The minimum atomic E-state index is -0.0863. The number of thioether (sulfide) groups is 1. The topological polar surface area (TPSA) is 46.9 Å². The van der Waals surface area contributed by atoms with Crippen molar-refractivity contribution >= 4 is 17.7 Å². The molecule has 20 heavy (non-hydrogen) atoms. The molecule has 5 heteroatoms. The normalized spacial score (nSPS) is 13.0. The van der Waals surface area contributed by atoms with Crippen LogP contribution in [0.25, 0.3) is 11.3 Å². The number of nitrogens with one attached hydrogen (secondary N) is 1. The van der Waals surface area contributed by atoms with Gasteiger partial charge in [-0.15, -0.1) is 11.8 Å². The summed E-state index contributed by atoms with van der Waals surface area (Å²) in [6, 6.07) is 8.38. The lowest BCUT2D eigenvalue weighted by Crippen LogP contribution is -2.31. The Morgan fingerprint density at radius 1 is 1.40 bits per heavy atom. The van der Waals surface area contributed by atoms with Crippen molar-refractivity contribution in [2.24, 2.45) is 7.05 Å². The molecule has 1 aromatic carbocycles. The van der Waals surface area contributed by atoms with Crippen LogP contribution < -0.4 is 5.32 Å². The zero-order chi connectivity index (χ0) is 14.3. The molecule has 0 spiro atoms. The van der Waals surface area contributed by atoms with Crippen molar-refractivity contribution in [2.45, 2.75) is 30.5 Å².